The van der Waals surface area contributed by atoms with Gasteiger partial charge >= 0.3 is 6.09 Å². The average molecular weight is 426 g/mol. The van der Waals surface area contributed by atoms with Crippen LogP contribution in [0, 0.1) is 5.82 Å². The van der Waals surface area contributed by atoms with E-state index in [9.17, 15) is 14.3 Å². The molecule has 1 aromatic carbocycles. The molecule has 2 aromatic heterocycles. The maximum atomic E-state index is 14.9. The van der Waals surface area contributed by atoms with E-state index < -0.39 is 24.1 Å². The van der Waals surface area contributed by atoms with Gasteiger partial charge in [-0.2, -0.15) is 0 Å². The van der Waals surface area contributed by atoms with Crippen LogP contribution in [0.25, 0.3) is 11.1 Å². The Morgan fingerprint density at radius 2 is 2.16 bits per heavy atom. The average Bonchev–Trinajstić information content (AvgIpc) is 3.37. The topological polar surface area (TPSA) is 96.6 Å². The van der Waals surface area contributed by atoms with Gasteiger partial charge in [0.15, 0.2) is 0 Å². The second kappa shape index (κ2) is 8.78. The summed E-state index contributed by atoms with van der Waals surface area (Å²) in [7, 11) is 3.73. The molecule has 0 spiro atoms. The van der Waals surface area contributed by atoms with Gasteiger partial charge in [-0.1, -0.05) is 11.3 Å². The molecule has 1 N–H and O–H groups in total. The molecule has 0 bridgehead atoms. The van der Waals surface area contributed by atoms with Gasteiger partial charge in [-0.25, -0.2) is 13.9 Å². The second-order valence-electron chi connectivity index (χ2n) is 7.66. The van der Waals surface area contributed by atoms with Crippen molar-refractivity contribution in [2.75, 3.05) is 32.1 Å². The molecule has 10 heteroatoms. The number of nitrogens with zero attached hydrogens (tertiary/aromatic N) is 6. The van der Waals surface area contributed by atoms with Gasteiger partial charge in [0, 0.05) is 30.1 Å². The first-order valence-electron chi connectivity index (χ1n) is 9.81. The summed E-state index contributed by atoms with van der Waals surface area (Å²) >= 11 is 0. The van der Waals surface area contributed by atoms with Crippen LogP contribution in [0.15, 0.2) is 48.9 Å². The Morgan fingerprint density at radius 1 is 1.32 bits per heavy atom. The SMILES string of the molecule is CN(C)CC(O)c1ccc(-c2ccc(N3C[C@H](Cn4ccnn4)OC3=O)cc2F)cn1. The highest BCUT2D eigenvalue weighted by Crippen LogP contribution is 2.29. The number of ether oxygens (including phenoxy) is 1. The zero-order chi connectivity index (χ0) is 22.0. The number of cyclic esters (lactones) is 1. The molecule has 9 nitrogen and oxygen atoms in total. The lowest BCUT2D eigenvalue weighted by molar-refractivity contribution is 0.129. The molecule has 31 heavy (non-hydrogen) atoms. The van der Waals surface area contributed by atoms with Crippen molar-refractivity contribution in [3.05, 3.63) is 60.4 Å². The summed E-state index contributed by atoms with van der Waals surface area (Å²) in [5.74, 6) is -0.478. The van der Waals surface area contributed by atoms with Gasteiger partial charge in [-0.05, 0) is 38.4 Å². The molecule has 1 aliphatic rings. The van der Waals surface area contributed by atoms with Crippen LogP contribution >= 0.6 is 0 Å². The van der Waals surface area contributed by atoms with Crippen LogP contribution in [0.2, 0.25) is 0 Å². The van der Waals surface area contributed by atoms with Crippen molar-refractivity contribution in [2.45, 2.75) is 18.8 Å². The molecular formula is C21H23FN6O3. The van der Waals surface area contributed by atoms with E-state index in [1.54, 1.807) is 41.3 Å². The van der Waals surface area contributed by atoms with E-state index in [1.165, 1.54) is 17.2 Å². The van der Waals surface area contributed by atoms with E-state index in [1.807, 2.05) is 19.0 Å². The molecule has 2 atom stereocenters. The molecule has 162 valence electrons. The normalized spacial score (nSPS) is 17.3. The van der Waals surface area contributed by atoms with Gasteiger partial charge in [0.05, 0.1) is 30.7 Å². The summed E-state index contributed by atoms with van der Waals surface area (Å²) in [6.07, 6.45) is 3.12. The summed E-state index contributed by atoms with van der Waals surface area (Å²) < 4.78 is 21.8. The first kappa shape index (κ1) is 20.9. The number of pyridine rings is 1. The molecule has 0 saturated carbocycles. The molecule has 1 amide bonds. The first-order valence-corrected chi connectivity index (χ1v) is 9.81. The van der Waals surface area contributed by atoms with E-state index in [0.717, 1.165) is 0 Å². The molecule has 1 fully saturated rings. The van der Waals surface area contributed by atoms with Crippen LogP contribution in [-0.2, 0) is 11.3 Å². The number of anilines is 1. The predicted octanol–water partition coefficient (Wildman–Crippen LogP) is 2.10. The predicted molar refractivity (Wildman–Crippen MR) is 111 cm³/mol. The highest BCUT2D eigenvalue weighted by molar-refractivity contribution is 5.90. The Morgan fingerprint density at radius 3 is 2.81 bits per heavy atom. The summed E-state index contributed by atoms with van der Waals surface area (Å²) in [5.41, 5.74) is 1.88. The second-order valence-corrected chi connectivity index (χ2v) is 7.66. The van der Waals surface area contributed by atoms with Gasteiger partial charge in [0.2, 0.25) is 0 Å². The lowest BCUT2D eigenvalue weighted by atomic mass is 10.1. The third-order valence-corrected chi connectivity index (χ3v) is 4.98. The van der Waals surface area contributed by atoms with Crippen molar-refractivity contribution < 1.29 is 19.0 Å². The number of aliphatic hydroxyl groups excluding tert-OH is 1. The van der Waals surface area contributed by atoms with E-state index in [0.29, 0.717) is 35.6 Å². The summed E-state index contributed by atoms with van der Waals surface area (Å²) in [6.45, 7) is 1.11. The Balaban J connectivity index is 1.47. The molecule has 0 radical (unpaired) electrons. The maximum Gasteiger partial charge on any atom is 0.414 e. The third-order valence-electron chi connectivity index (χ3n) is 4.98. The van der Waals surface area contributed by atoms with Gasteiger partial charge < -0.3 is 14.7 Å². The lowest BCUT2D eigenvalue weighted by Gasteiger charge is -2.16. The zero-order valence-electron chi connectivity index (χ0n) is 17.2. The van der Waals surface area contributed by atoms with Crippen LogP contribution < -0.4 is 4.90 Å². The van der Waals surface area contributed by atoms with E-state index in [4.69, 9.17) is 4.74 Å². The number of amides is 1. The smallest absolute Gasteiger partial charge is 0.414 e. The van der Waals surface area contributed by atoms with Crippen LogP contribution in [0.5, 0.6) is 0 Å². The van der Waals surface area contributed by atoms with Crippen LogP contribution in [0.3, 0.4) is 0 Å². The fourth-order valence-electron chi connectivity index (χ4n) is 3.47. The number of rotatable bonds is 7. The van der Waals surface area contributed by atoms with E-state index in [2.05, 4.69) is 15.3 Å². The summed E-state index contributed by atoms with van der Waals surface area (Å²) in [5, 5.41) is 17.7. The fraction of sp³-hybridized carbons (Fsp3) is 0.333. The van der Waals surface area contributed by atoms with Crippen molar-refractivity contribution >= 4 is 11.8 Å². The fourth-order valence-corrected chi connectivity index (χ4v) is 3.47. The maximum absolute atomic E-state index is 14.9. The molecule has 4 rings (SSSR count). The molecule has 0 aliphatic carbocycles. The number of aromatic nitrogens is 4. The Kier molecular flexibility index (Phi) is 5.92. The van der Waals surface area contributed by atoms with Crippen LogP contribution in [-0.4, -0.2) is 69.4 Å². The van der Waals surface area contributed by atoms with Gasteiger partial charge in [0.1, 0.15) is 18.0 Å². The standard InChI is InChI=1S/C21H23FN6O3/c1-26(2)13-20(29)19-6-3-14(10-23-19)17-5-4-15(9-18(17)22)28-12-16(31-21(28)30)11-27-8-7-24-25-27/h3-10,16,20,29H,11-13H2,1-2H3/t16-,20?/m0/s1. The van der Waals surface area contributed by atoms with Crippen LogP contribution in [0.4, 0.5) is 14.9 Å². The van der Waals surface area contributed by atoms with Crippen molar-refractivity contribution in [1.29, 1.82) is 0 Å². The zero-order valence-corrected chi connectivity index (χ0v) is 17.2. The number of benzene rings is 1. The number of carbonyl (C=O) groups is 1. The number of hydrogen-bond donors (Lipinski definition) is 1. The number of aliphatic hydroxyl groups is 1. The van der Waals surface area contributed by atoms with Gasteiger partial charge in [-0.3, -0.25) is 9.88 Å². The molecule has 1 unspecified atom stereocenters. The Labute approximate surface area is 178 Å². The van der Waals surface area contributed by atoms with Gasteiger partial charge in [-0.15, -0.1) is 5.10 Å². The number of halogens is 1. The minimum atomic E-state index is -0.720. The van der Waals surface area contributed by atoms with E-state index >= 15 is 0 Å². The Hall–Kier alpha value is -3.37. The van der Waals surface area contributed by atoms with Crippen molar-refractivity contribution in [1.82, 2.24) is 24.9 Å². The van der Waals surface area contributed by atoms with E-state index in [-0.39, 0.29) is 6.54 Å². The largest absolute Gasteiger partial charge is 0.442 e. The summed E-state index contributed by atoms with van der Waals surface area (Å²) in [4.78, 5) is 19.8. The van der Waals surface area contributed by atoms with Crippen molar-refractivity contribution in [3.63, 3.8) is 0 Å². The van der Waals surface area contributed by atoms with Crippen molar-refractivity contribution in [2.24, 2.45) is 0 Å². The number of carbonyl (C=O) groups excluding carboxylic acids is 1. The number of hydrogen-bond acceptors (Lipinski definition) is 7. The third kappa shape index (κ3) is 4.70. The molecule has 1 saturated heterocycles. The molecule has 3 heterocycles. The summed E-state index contributed by atoms with van der Waals surface area (Å²) in [6, 6.07) is 7.99. The molecular weight excluding hydrogens is 403 g/mol. The van der Waals surface area contributed by atoms with Crippen molar-refractivity contribution in [3.8, 4) is 11.1 Å². The Bertz CT molecular complexity index is 1040. The highest BCUT2D eigenvalue weighted by atomic mass is 19.1. The number of likely N-dealkylation sites (N-methyl/N-ethyl adjacent to an activating group) is 1. The highest BCUT2D eigenvalue weighted by Gasteiger charge is 2.33. The monoisotopic (exact) mass is 426 g/mol. The quantitative estimate of drug-likeness (QED) is 0.618. The van der Waals surface area contributed by atoms with Crippen LogP contribution in [0.1, 0.15) is 11.8 Å². The minimum Gasteiger partial charge on any atom is -0.442 e. The molecule has 1 aliphatic heterocycles. The lowest BCUT2D eigenvalue weighted by Crippen LogP contribution is -2.26. The first-order chi connectivity index (χ1) is 14.9. The molecule has 3 aromatic rings. The van der Waals surface area contributed by atoms with Gasteiger partial charge in [0.25, 0.3) is 0 Å². The minimum absolute atomic E-state index is 0.289.